The van der Waals surface area contributed by atoms with E-state index in [1.807, 2.05) is 6.92 Å². The monoisotopic (exact) mass is 363 g/mol. The maximum Gasteiger partial charge on any atom is 0.191 e. The Morgan fingerprint density at radius 3 is 2.88 bits per heavy atom. The fraction of sp³-hybridized carbons (Fsp3) is 0.650. The summed E-state index contributed by atoms with van der Waals surface area (Å²) in [6.45, 7) is 11.0. The largest absolute Gasteiger partial charge is 0.491 e. The smallest absolute Gasteiger partial charge is 0.191 e. The molecule has 0 radical (unpaired) electrons. The van der Waals surface area contributed by atoms with Crippen molar-refractivity contribution in [3.63, 3.8) is 0 Å². The summed E-state index contributed by atoms with van der Waals surface area (Å²) in [4.78, 5) is 4.71. The number of nitrogens with one attached hydrogen (secondary N) is 2. The zero-order chi connectivity index (χ0) is 18.6. The Labute approximate surface area is 157 Å². The van der Waals surface area contributed by atoms with E-state index in [0.29, 0.717) is 26.4 Å². The normalized spacial score (nSPS) is 17.3. The highest BCUT2D eigenvalue weighted by Crippen LogP contribution is 2.21. The van der Waals surface area contributed by atoms with Crippen LogP contribution in [0.25, 0.3) is 0 Å². The number of hydrogen-bond donors (Lipinski definition) is 2. The van der Waals surface area contributed by atoms with Crippen LogP contribution in [0.3, 0.4) is 0 Å². The summed E-state index contributed by atoms with van der Waals surface area (Å²) in [5.41, 5.74) is 2.24. The molecule has 2 rings (SSSR count). The Morgan fingerprint density at radius 2 is 2.15 bits per heavy atom. The number of nitrogens with zero attached hydrogens (tertiary/aromatic N) is 1. The summed E-state index contributed by atoms with van der Waals surface area (Å²) in [5, 5.41) is 6.67. The van der Waals surface area contributed by atoms with E-state index in [4.69, 9.17) is 19.2 Å². The van der Waals surface area contributed by atoms with Gasteiger partial charge >= 0.3 is 0 Å². The minimum absolute atomic E-state index is 0.288. The minimum atomic E-state index is 0.288. The number of guanidine groups is 1. The molecule has 1 aliphatic heterocycles. The van der Waals surface area contributed by atoms with Crippen molar-refractivity contribution in [1.29, 1.82) is 0 Å². The maximum atomic E-state index is 5.90. The lowest BCUT2D eigenvalue weighted by Crippen LogP contribution is -2.41. The van der Waals surface area contributed by atoms with Crippen LogP contribution >= 0.6 is 0 Å². The molecule has 2 N–H and O–H groups in total. The summed E-state index contributed by atoms with van der Waals surface area (Å²) < 4.78 is 16.9. The molecule has 0 aliphatic carbocycles. The lowest BCUT2D eigenvalue weighted by molar-refractivity contribution is 0.110. The molecule has 26 heavy (non-hydrogen) atoms. The fourth-order valence-corrected chi connectivity index (χ4v) is 2.80. The van der Waals surface area contributed by atoms with Crippen molar-refractivity contribution in [1.82, 2.24) is 10.6 Å². The van der Waals surface area contributed by atoms with E-state index < -0.39 is 0 Å². The Bertz CT molecular complexity index is 557. The topological polar surface area (TPSA) is 64.1 Å². The Kier molecular flexibility index (Phi) is 9.28. The molecule has 6 nitrogen and oxygen atoms in total. The molecule has 1 heterocycles. The van der Waals surface area contributed by atoms with Crippen molar-refractivity contribution in [2.45, 2.75) is 46.3 Å². The molecule has 1 aromatic carbocycles. The van der Waals surface area contributed by atoms with E-state index >= 15 is 0 Å². The number of rotatable bonds is 10. The van der Waals surface area contributed by atoms with Gasteiger partial charge in [-0.05, 0) is 45.2 Å². The van der Waals surface area contributed by atoms with Gasteiger partial charge < -0.3 is 24.8 Å². The van der Waals surface area contributed by atoms with Gasteiger partial charge in [0.15, 0.2) is 5.96 Å². The lowest BCUT2D eigenvalue weighted by Gasteiger charge is -2.15. The highest BCUT2D eigenvalue weighted by atomic mass is 16.5. The summed E-state index contributed by atoms with van der Waals surface area (Å²) in [6, 6.07) is 6.23. The van der Waals surface area contributed by atoms with Crippen molar-refractivity contribution >= 4 is 5.96 Å². The third kappa shape index (κ3) is 7.22. The van der Waals surface area contributed by atoms with Crippen molar-refractivity contribution in [2.24, 2.45) is 4.99 Å². The first-order valence-electron chi connectivity index (χ1n) is 9.66. The number of aryl methyl sites for hydroxylation is 1. The predicted molar refractivity (Wildman–Crippen MR) is 105 cm³/mol. The van der Waals surface area contributed by atoms with Crippen LogP contribution in [0.1, 0.15) is 37.8 Å². The second-order valence-corrected chi connectivity index (χ2v) is 6.37. The first-order chi connectivity index (χ1) is 12.7. The van der Waals surface area contributed by atoms with Gasteiger partial charge in [-0.3, -0.25) is 0 Å². The first-order valence-corrected chi connectivity index (χ1v) is 9.66. The van der Waals surface area contributed by atoms with Crippen LogP contribution < -0.4 is 15.4 Å². The fourth-order valence-electron chi connectivity index (χ4n) is 2.80. The molecule has 1 aliphatic rings. The molecule has 1 saturated heterocycles. The molecule has 1 fully saturated rings. The van der Waals surface area contributed by atoms with Gasteiger partial charge in [0.1, 0.15) is 12.4 Å². The van der Waals surface area contributed by atoms with Crippen LogP contribution in [0.5, 0.6) is 5.75 Å². The van der Waals surface area contributed by atoms with Gasteiger partial charge in [0.25, 0.3) is 0 Å². The average Bonchev–Trinajstić information content (AvgIpc) is 3.16. The van der Waals surface area contributed by atoms with E-state index in [9.17, 15) is 0 Å². The quantitative estimate of drug-likeness (QED) is 0.380. The zero-order valence-corrected chi connectivity index (χ0v) is 16.3. The minimum Gasteiger partial charge on any atom is -0.491 e. The second-order valence-electron chi connectivity index (χ2n) is 6.37. The second kappa shape index (κ2) is 11.8. The summed E-state index contributed by atoms with van der Waals surface area (Å²) in [7, 11) is 0. The van der Waals surface area contributed by atoms with E-state index in [1.165, 1.54) is 5.56 Å². The van der Waals surface area contributed by atoms with Crippen molar-refractivity contribution in [3.05, 3.63) is 29.3 Å². The van der Waals surface area contributed by atoms with E-state index in [1.54, 1.807) is 0 Å². The molecule has 1 aromatic rings. The van der Waals surface area contributed by atoms with Crippen LogP contribution in [0.2, 0.25) is 0 Å². The molecule has 6 heteroatoms. The van der Waals surface area contributed by atoms with Gasteiger partial charge in [-0.15, -0.1) is 0 Å². The number of hydrogen-bond acceptors (Lipinski definition) is 4. The van der Waals surface area contributed by atoms with E-state index in [0.717, 1.165) is 49.8 Å². The van der Waals surface area contributed by atoms with Crippen LogP contribution in [-0.2, 0) is 16.0 Å². The van der Waals surface area contributed by atoms with Crippen LogP contribution in [0.15, 0.2) is 23.2 Å². The van der Waals surface area contributed by atoms with Crippen LogP contribution in [0, 0.1) is 6.92 Å². The molecular weight excluding hydrogens is 330 g/mol. The Morgan fingerprint density at radius 1 is 1.27 bits per heavy atom. The van der Waals surface area contributed by atoms with Crippen LogP contribution in [0.4, 0.5) is 0 Å². The SMILES string of the molecule is CCNC(=NCc1ccc(C)cc1OCCOCC)NCC1CCCO1. The molecule has 1 unspecified atom stereocenters. The highest BCUT2D eigenvalue weighted by molar-refractivity contribution is 5.79. The first kappa shape index (κ1) is 20.5. The van der Waals surface area contributed by atoms with Crippen LogP contribution in [-0.4, -0.2) is 51.6 Å². The molecule has 0 saturated carbocycles. The summed E-state index contributed by atoms with van der Waals surface area (Å²) in [5.74, 6) is 1.69. The third-order valence-corrected chi connectivity index (χ3v) is 4.18. The average molecular weight is 364 g/mol. The molecular formula is C20H33N3O3. The van der Waals surface area contributed by atoms with Gasteiger partial charge in [0.2, 0.25) is 0 Å². The van der Waals surface area contributed by atoms with Crippen molar-refractivity contribution in [3.8, 4) is 5.75 Å². The third-order valence-electron chi connectivity index (χ3n) is 4.18. The molecule has 0 amide bonds. The highest BCUT2D eigenvalue weighted by Gasteiger charge is 2.15. The van der Waals surface area contributed by atoms with E-state index in [-0.39, 0.29) is 6.10 Å². The van der Waals surface area contributed by atoms with Gasteiger partial charge in [0.05, 0.1) is 19.3 Å². The molecule has 0 spiro atoms. The summed E-state index contributed by atoms with van der Waals surface area (Å²) in [6.07, 6.45) is 2.55. The Balaban J connectivity index is 1.95. The molecule has 0 aromatic heterocycles. The molecule has 0 bridgehead atoms. The van der Waals surface area contributed by atoms with E-state index in [2.05, 4.69) is 42.7 Å². The number of aliphatic imine (C=N–C) groups is 1. The van der Waals surface area contributed by atoms with Crippen molar-refractivity contribution < 1.29 is 14.2 Å². The van der Waals surface area contributed by atoms with Crippen molar-refractivity contribution in [2.75, 3.05) is 39.5 Å². The lowest BCUT2D eigenvalue weighted by atomic mass is 10.1. The van der Waals surface area contributed by atoms with Gasteiger partial charge in [-0.25, -0.2) is 4.99 Å². The summed E-state index contributed by atoms with van der Waals surface area (Å²) >= 11 is 0. The standard InChI is InChI=1S/C20H33N3O3/c1-4-21-20(23-15-18-7-6-10-25-18)22-14-17-9-8-16(3)13-19(17)26-12-11-24-5-2/h8-9,13,18H,4-7,10-12,14-15H2,1-3H3,(H2,21,22,23). The number of ether oxygens (including phenoxy) is 3. The maximum absolute atomic E-state index is 5.90. The van der Waals surface area contributed by atoms with Gasteiger partial charge in [0, 0.05) is 31.9 Å². The Hall–Kier alpha value is -1.79. The van der Waals surface area contributed by atoms with Gasteiger partial charge in [-0.1, -0.05) is 12.1 Å². The number of benzene rings is 1. The molecule has 146 valence electrons. The zero-order valence-electron chi connectivity index (χ0n) is 16.3. The van der Waals surface area contributed by atoms with Gasteiger partial charge in [-0.2, -0.15) is 0 Å². The predicted octanol–water partition coefficient (Wildman–Crippen LogP) is 2.64. The molecule has 1 atom stereocenters.